The minimum Gasteiger partial charge on any atom is -0.477 e. The number of aromatic carboxylic acids is 1. The number of halogens is 2. The summed E-state index contributed by atoms with van der Waals surface area (Å²) in [5, 5.41) is 9.13. The molecule has 0 unspecified atom stereocenters. The van der Waals surface area contributed by atoms with Crippen LogP contribution in [0.5, 0.6) is 0 Å². The highest BCUT2D eigenvalue weighted by molar-refractivity contribution is 5.85. The summed E-state index contributed by atoms with van der Waals surface area (Å²) in [5.41, 5.74) is 1.62. The number of aromatic nitrogens is 1. The normalized spacial score (nSPS) is 15.3. The Morgan fingerprint density at radius 1 is 0.871 bits per heavy atom. The van der Waals surface area contributed by atoms with Crippen molar-refractivity contribution in [2.24, 2.45) is 0 Å². The van der Waals surface area contributed by atoms with Crippen molar-refractivity contribution < 1.29 is 18.7 Å². The lowest BCUT2D eigenvalue weighted by atomic mass is 9.95. The lowest BCUT2D eigenvalue weighted by Gasteiger charge is -2.39. The molecule has 0 saturated carbocycles. The third-order valence-corrected chi connectivity index (χ3v) is 5.58. The van der Waals surface area contributed by atoms with Gasteiger partial charge < -0.3 is 5.11 Å². The Morgan fingerprint density at radius 3 is 2.00 bits per heavy atom. The summed E-state index contributed by atoms with van der Waals surface area (Å²) >= 11 is 0. The molecule has 0 amide bonds. The Balaban J connectivity index is 1.52. The number of hydrogen-bond acceptors (Lipinski definition) is 4. The first-order valence-electron chi connectivity index (χ1n) is 10.2. The minimum absolute atomic E-state index is 0.0234. The fourth-order valence-corrected chi connectivity index (χ4v) is 4.05. The van der Waals surface area contributed by atoms with Crippen LogP contribution in [0, 0.1) is 11.6 Å². The summed E-state index contributed by atoms with van der Waals surface area (Å²) in [4.78, 5) is 19.6. The monoisotopic (exact) mass is 423 g/mol. The molecule has 1 aliphatic heterocycles. The largest absolute Gasteiger partial charge is 0.477 e. The average molecular weight is 423 g/mol. The van der Waals surface area contributed by atoms with Crippen LogP contribution < -0.4 is 0 Å². The summed E-state index contributed by atoms with van der Waals surface area (Å²) in [7, 11) is 0. The molecule has 2 heterocycles. The van der Waals surface area contributed by atoms with Crippen molar-refractivity contribution in [3.63, 3.8) is 0 Å². The van der Waals surface area contributed by atoms with Crippen molar-refractivity contribution in [2.45, 2.75) is 12.6 Å². The highest BCUT2D eigenvalue weighted by Gasteiger charge is 2.30. The van der Waals surface area contributed by atoms with Gasteiger partial charge in [0.25, 0.3) is 0 Å². The van der Waals surface area contributed by atoms with Crippen LogP contribution in [0.4, 0.5) is 8.78 Å². The second-order valence-electron chi connectivity index (χ2n) is 7.58. The first kappa shape index (κ1) is 21.1. The molecular weight excluding hydrogens is 400 g/mol. The van der Waals surface area contributed by atoms with Crippen LogP contribution >= 0.6 is 0 Å². The highest BCUT2D eigenvalue weighted by Crippen LogP contribution is 2.32. The third kappa shape index (κ3) is 4.78. The van der Waals surface area contributed by atoms with Gasteiger partial charge in [-0.15, -0.1) is 0 Å². The molecule has 1 saturated heterocycles. The molecule has 1 aromatic heterocycles. The smallest absolute Gasteiger partial charge is 0.354 e. The molecule has 5 nitrogen and oxygen atoms in total. The molecule has 0 atom stereocenters. The van der Waals surface area contributed by atoms with Crippen molar-refractivity contribution in [3.05, 3.63) is 101 Å². The van der Waals surface area contributed by atoms with Gasteiger partial charge in [0.15, 0.2) is 0 Å². The van der Waals surface area contributed by atoms with E-state index in [1.165, 1.54) is 18.2 Å². The van der Waals surface area contributed by atoms with Gasteiger partial charge in [0.05, 0.1) is 11.7 Å². The van der Waals surface area contributed by atoms with Gasteiger partial charge >= 0.3 is 5.97 Å². The fourth-order valence-electron chi connectivity index (χ4n) is 4.05. The van der Waals surface area contributed by atoms with Crippen molar-refractivity contribution in [1.82, 2.24) is 14.8 Å². The Hall–Kier alpha value is -3.16. The maximum atomic E-state index is 14.7. The SMILES string of the molecule is O=C(O)c1cccc(CN2CCN(C(c3ccccc3F)c3ccccc3F)CC2)n1. The molecule has 0 bridgehead atoms. The number of nitrogens with zero attached hydrogens (tertiary/aromatic N) is 3. The Labute approximate surface area is 179 Å². The van der Waals surface area contributed by atoms with E-state index in [4.69, 9.17) is 5.11 Å². The van der Waals surface area contributed by atoms with E-state index in [0.29, 0.717) is 49.5 Å². The zero-order valence-electron chi connectivity index (χ0n) is 16.9. The number of benzene rings is 2. The molecule has 1 N–H and O–H groups in total. The molecule has 2 aromatic carbocycles. The van der Waals surface area contributed by atoms with E-state index >= 15 is 0 Å². The number of carbonyl (C=O) groups is 1. The van der Waals surface area contributed by atoms with Crippen LogP contribution in [0.1, 0.15) is 33.4 Å². The van der Waals surface area contributed by atoms with Gasteiger partial charge in [-0.2, -0.15) is 0 Å². The van der Waals surface area contributed by atoms with Crippen molar-refractivity contribution >= 4 is 5.97 Å². The van der Waals surface area contributed by atoms with E-state index in [1.54, 1.807) is 48.5 Å². The standard InChI is InChI=1S/C24H23F2N3O2/c25-20-9-3-1-7-18(20)23(19-8-2-4-10-21(19)26)29-14-12-28(13-15-29)16-17-6-5-11-22(27-17)24(30)31/h1-11,23H,12-16H2,(H,30,31). The van der Waals surface area contributed by atoms with Gasteiger partial charge in [-0.3, -0.25) is 9.80 Å². The Bertz CT molecular complexity index is 1020. The Morgan fingerprint density at radius 2 is 1.45 bits per heavy atom. The maximum Gasteiger partial charge on any atom is 0.354 e. The molecule has 1 aliphatic rings. The lowest BCUT2D eigenvalue weighted by molar-refractivity contribution is 0.0689. The molecule has 3 aromatic rings. The number of carboxylic acids is 1. The van der Waals surface area contributed by atoms with Crippen LogP contribution in [0.15, 0.2) is 66.7 Å². The number of carboxylic acid groups (broad SMARTS) is 1. The molecule has 4 rings (SSSR count). The molecular formula is C24H23F2N3O2. The molecule has 7 heteroatoms. The topological polar surface area (TPSA) is 56.7 Å². The van der Waals surface area contributed by atoms with Crippen molar-refractivity contribution in [2.75, 3.05) is 26.2 Å². The van der Waals surface area contributed by atoms with Crippen LogP contribution in [0.2, 0.25) is 0 Å². The quantitative estimate of drug-likeness (QED) is 0.650. The second kappa shape index (κ2) is 9.32. The maximum absolute atomic E-state index is 14.7. The summed E-state index contributed by atoms with van der Waals surface area (Å²) in [5.74, 6) is -1.76. The van der Waals surface area contributed by atoms with E-state index in [-0.39, 0.29) is 17.3 Å². The summed E-state index contributed by atoms with van der Waals surface area (Å²) in [6.07, 6.45) is 0. The first-order chi connectivity index (χ1) is 15.0. The van der Waals surface area contributed by atoms with Crippen LogP contribution in [0.3, 0.4) is 0 Å². The molecule has 0 radical (unpaired) electrons. The van der Waals surface area contributed by atoms with E-state index in [0.717, 1.165) is 0 Å². The van der Waals surface area contributed by atoms with Gasteiger partial charge in [0, 0.05) is 43.9 Å². The fraction of sp³-hybridized carbons (Fsp3) is 0.250. The van der Waals surface area contributed by atoms with Gasteiger partial charge in [0.2, 0.25) is 0 Å². The number of piperazine rings is 1. The zero-order chi connectivity index (χ0) is 21.8. The number of pyridine rings is 1. The van der Waals surface area contributed by atoms with Crippen LogP contribution in [0.25, 0.3) is 0 Å². The van der Waals surface area contributed by atoms with Gasteiger partial charge in [0.1, 0.15) is 17.3 Å². The van der Waals surface area contributed by atoms with E-state index in [9.17, 15) is 13.6 Å². The van der Waals surface area contributed by atoms with Gasteiger partial charge in [-0.05, 0) is 24.3 Å². The predicted molar refractivity (Wildman–Crippen MR) is 113 cm³/mol. The van der Waals surface area contributed by atoms with Crippen LogP contribution in [-0.4, -0.2) is 52.0 Å². The lowest BCUT2D eigenvalue weighted by Crippen LogP contribution is -2.47. The number of rotatable bonds is 6. The molecule has 160 valence electrons. The zero-order valence-corrected chi connectivity index (χ0v) is 16.9. The molecule has 0 aliphatic carbocycles. The third-order valence-electron chi connectivity index (χ3n) is 5.58. The number of hydrogen-bond donors (Lipinski definition) is 1. The molecule has 31 heavy (non-hydrogen) atoms. The van der Waals surface area contributed by atoms with Gasteiger partial charge in [-0.1, -0.05) is 42.5 Å². The Kier molecular flexibility index (Phi) is 6.34. The summed E-state index contributed by atoms with van der Waals surface area (Å²) < 4.78 is 29.3. The predicted octanol–water partition coefficient (Wildman–Crippen LogP) is 3.97. The van der Waals surface area contributed by atoms with E-state index in [1.807, 2.05) is 0 Å². The highest BCUT2D eigenvalue weighted by atomic mass is 19.1. The van der Waals surface area contributed by atoms with E-state index in [2.05, 4.69) is 14.8 Å². The van der Waals surface area contributed by atoms with Crippen molar-refractivity contribution in [3.8, 4) is 0 Å². The average Bonchev–Trinajstić information content (AvgIpc) is 2.78. The van der Waals surface area contributed by atoms with Gasteiger partial charge in [-0.25, -0.2) is 18.6 Å². The molecule has 0 spiro atoms. The first-order valence-corrected chi connectivity index (χ1v) is 10.2. The minimum atomic E-state index is -1.05. The summed E-state index contributed by atoms with van der Waals surface area (Å²) in [6.45, 7) is 3.12. The van der Waals surface area contributed by atoms with Crippen LogP contribution in [-0.2, 0) is 6.54 Å². The second-order valence-corrected chi connectivity index (χ2v) is 7.58. The molecule has 1 fully saturated rings. The summed E-state index contributed by atoms with van der Waals surface area (Å²) in [6, 6.07) is 17.5. The van der Waals surface area contributed by atoms with E-state index < -0.39 is 12.0 Å². The van der Waals surface area contributed by atoms with Crippen molar-refractivity contribution in [1.29, 1.82) is 0 Å².